The van der Waals surface area contributed by atoms with E-state index in [1.807, 2.05) is 48.5 Å². The van der Waals surface area contributed by atoms with Gasteiger partial charge in [0.2, 0.25) is 0 Å². The molecule has 0 radical (unpaired) electrons. The van der Waals surface area contributed by atoms with Gasteiger partial charge >= 0.3 is 0 Å². The topological polar surface area (TPSA) is 48.8 Å². The minimum atomic E-state index is -0.378. The number of azide groups is 1. The lowest BCUT2D eigenvalue weighted by atomic mass is 9.85. The van der Waals surface area contributed by atoms with E-state index in [9.17, 15) is 5.53 Å². The maximum absolute atomic E-state index is 9.23. The molecule has 0 bridgehead atoms. The van der Waals surface area contributed by atoms with Gasteiger partial charge in [-0.05, 0) is 50.1 Å². The predicted octanol–water partition coefficient (Wildman–Crippen LogP) is 9.09. The van der Waals surface area contributed by atoms with Crippen molar-refractivity contribution in [2.24, 2.45) is 5.11 Å². The molecule has 0 saturated carbocycles. The highest BCUT2D eigenvalue weighted by molar-refractivity contribution is 6.04. The summed E-state index contributed by atoms with van der Waals surface area (Å²) in [7, 11) is 0. The van der Waals surface area contributed by atoms with Crippen LogP contribution in [0.15, 0.2) is 151 Å². The first-order valence-electron chi connectivity index (χ1n) is 11.9. The summed E-state index contributed by atoms with van der Waals surface area (Å²) < 4.78 is 0. The van der Waals surface area contributed by atoms with Gasteiger partial charge in [-0.1, -0.05) is 151 Å². The van der Waals surface area contributed by atoms with Gasteiger partial charge in [0.15, 0.2) is 0 Å². The molecule has 5 aromatic carbocycles. The van der Waals surface area contributed by atoms with E-state index in [1.165, 1.54) is 5.57 Å². The molecule has 0 N–H and O–H groups in total. The van der Waals surface area contributed by atoms with Crippen molar-refractivity contribution in [2.45, 2.75) is 6.04 Å². The molecule has 1 atom stereocenters. The summed E-state index contributed by atoms with van der Waals surface area (Å²) in [6, 6.07) is 49.4. The number of nitrogens with zero attached hydrogens (tertiary/aromatic N) is 3. The standard InChI is InChI=1S/C33H25N3/c34-36-35-33(29-19-11-4-12-20-29)30-23-21-28(22-24-30)32(27-17-9-3-10-18-27)31(25-13-5-1-6-14-25)26-15-7-2-8-16-26/h1-24,33H. The Morgan fingerprint density at radius 2 is 0.778 bits per heavy atom. The van der Waals surface area contributed by atoms with Gasteiger partial charge in [-0.25, -0.2) is 0 Å². The van der Waals surface area contributed by atoms with Crippen molar-refractivity contribution in [3.63, 3.8) is 0 Å². The predicted molar refractivity (Wildman–Crippen MR) is 148 cm³/mol. The maximum atomic E-state index is 9.23. The van der Waals surface area contributed by atoms with Crippen LogP contribution in [-0.2, 0) is 0 Å². The van der Waals surface area contributed by atoms with E-state index in [2.05, 4.69) is 107 Å². The van der Waals surface area contributed by atoms with Crippen molar-refractivity contribution >= 4 is 11.1 Å². The summed E-state index contributed by atoms with van der Waals surface area (Å²) >= 11 is 0. The first kappa shape index (κ1) is 22.9. The van der Waals surface area contributed by atoms with E-state index >= 15 is 0 Å². The highest BCUT2D eigenvalue weighted by Gasteiger charge is 2.17. The molecule has 5 rings (SSSR count). The van der Waals surface area contributed by atoms with Gasteiger partial charge in [0.25, 0.3) is 0 Å². The molecule has 5 aromatic rings. The van der Waals surface area contributed by atoms with Crippen LogP contribution in [-0.4, -0.2) is 0 Å². The number of rotatable bonds is 7. The molecule has 0 spiro atoms. The Labute approximate surface area is 211 Å². The lowest BCUT2D eigenvalue weighted by molar-refractivity contribution is 0.859. The van der Waals surface area contributed by atoms with Gasteiger partial charge in [-0.3, -0.25) is 0 Å². The number of hydrogen-bond donors (Lipinski definition) is 0. The monoisotopic (exact) mass is 463 g/mol. The Bertz CT molecular complexity index is 1440. The van der Waals surface area contributed by atoms with Crippen LogP contribution < -0.4 is 0 Å². The van der Waals surface area contributed by atoms with Crippen LogP contribution >= 0.6 is 0 Å². The molecule has 0 amide bonds. The maximum Gasteiger partial charge on any atom is 0.0876 e. The number of benzene rings is 5. The van der Waals surface area contributed by atoms with Crippen LogP contribution in [0.5, 0.6) is 0 Å². The van der Waals surface area contributed by atoms with Gasteiger partial charge in [0.05, 0.1) is 6.04 Å². The lowest BCUT2D eigenvalue weighted by Crippen LogP contribution is -2.00. The van der Waals surface area contributed by atoms with E-state index in [0.29, 0.717) is 0 Å². The summed E-state index contributed by atoms with van der Waals surface area (Å²) in [5.74, 6) is 0. The minimum absolute atomic E-state index is 0.378. The Morgan fingerprint density at radius 1 is 0.444 bits per heavy atom. The van der Waals surface area contributed by atoms with Crippen LogP contribution in [0.4, 0.5) is 0 Å². The van der Waals surface area contributed by atoms with E-state index < -0.39 is 0 Å². The molecule has 3 nitrogen and oxygen atoms in total. The van der Waals surface area contributed by atoms with Gasteiger partial charge in [0.1, 0.15) is 0 Å². The third kappa shape index (κ3) is 4.97. The zero-order valence-corrected chi connectivity index (χ0v) is 19.8. The van der Waals surface area contributed by atoms with Crippen molar-refractivity contribution < 1.29 is 0 Å². The Morgan fingerprint density at radius 3 is 1.17 bits per heavy atom. The molecule has 0 saturated heterocycles. The molecule has 3 heteroatoms. The van der Waals surface area contributed by atoms with Crippen LogP contribution in [0, 0.1) is 0 Å². The normalized spacial score (nSPS) is 11.2. The smallest absolute Gasteiger partial charge is 0.0812 e. The highest BCUT2D eigenvalue weighted by atomic mass is 15.1. The fourth-order valence-corrected chi connectivity index (χ4v) is 4.57. The summed E-state index contributed by atoms with van der Waals surface area (Å²) in [6.45, 7) is 0. The third-order valence-corrected chi connectivity index (χ3v) is 6.23. The molecule has 172 valence electrons. The summed E-state index contributed by atoms with van der Waals surface area (Å²) in [6.07, 6.45) is 0. The van der Waals surface area contributed by atoms with E-state index in [1.54, 1.807) is 0 Å². The molecule has 36 heavy (non-hydrogen) atoms. The fraction of sp³-hybridized carbons (Fsp3) is 0.0303. The largest absolute Gasteiger partial charge is 0.0876 e. The second-order valence-corrected chi connectivity index (χ2v) is 8.49. The fourth-order valence-electron chi connectivity index (χ4n) is 4.57. The molecule has 1 unspecified atom stereocenters. The van der Waals surface area contributed by atoms with Crippen molar-refractivity contribution in [3.8, 4) is 0 Å². The summed E-state index contributed by atoms with van der Waals surface area (Å²) in [5.41, 5.74) is 18.0. The van der Waals surface area contributed by atoms with Crippen LogP contribution in [0.1, 0.15) is 39.4 Å². The summed E-state index contributed by atoms with van der Waals surface area (Å²) in [5, 5.41) is 4.10. The first-order chi connectivity index (χ1) is 17.8. The summed E-state index contributed by atoms with van der Waals surface area (Å²) in [4.78, 5) is 3.12. The van der Waals surface area contributed by atoms with Crippen LogP contribution in [0.25, 0.3) is 21.6 Å². The highest BCUT2D eigenvalue weighted by Crippen LogP contribution is 2.37. The molecule has 0 aromatic heterocycles. The molecule has 0 aliphatic heterocycles. The van der Waals surface area contributed by atoms with Crippen LogP contribution in [0.3, 0.4) is 0 Å². The van der Waals surface area contributed by atoms with Crippen molar-refractivity contribution in [3.05, 3.63) is 189 Å². The molecular formula is C33H25N3. The Balaban J connectivity index is 1.71. The van der Waals surface area contributed by atoms with E-state index in [-0.39, 0.29) is 6.04 Å². The molecular weight excluding hydrogens is 438 g/mol. The van der Waals surface area contributed by atoms with E-state index in [0.717, 1.165) is 39.0 Å². The Kier molecular flexibility index (Phi) is 7.03. The zero-order valence-electron chi connectivity index (χ0n) is 19.8. The molecule has 0 aliphatic rings. The van der Waals surface area contributed by atoms with Gasteiger partial charge in [0, 0.05) is 4.91 Å². The first-order valence-corrected chi connectivity index (χ1v) is 11.9. The van der Waals surface area contributed by atoms with E-state index in [4.69, 9.17) is 0 Å². The van der Waals surface area contributed by atoms with Crippen molar-refractivity contribution in [1.82, 2.24) is 0 Å². The SMILES string of the molecule is [N-]=[N+]=NC(c1ccccc1)c1ccc(C(=C(c2ccccc2)c2ccccc2)c2ccccc2)cc1. The molecule has 0 fully saturated rings. The Hall–Kier alpha value is -4.85. The minimum Gasteiger partial charge on any atom is -0.0812 e. The van der Waals surface area contributed by atoms with Crippen LogP contribution in [0.2, 0.25) is 0 Å². The quantitative estimate of drug-likeness (QED) is 0.1000. The van der Waals surface area contributed by atoms with Gasteiger partial charge in [-0.15, -0.1) is 0 Å². The average Bonchev–Trinajstić information content (AvgIpc) is 2.97. The second kappa shape index (κ2) is 11.1. The van der Waals surface area contributed by atoms with Gasteiger partial charge in [-0.2, -0.15) is 0 Å². The zero-order chi connectivity index (χ0) is 24.6. The third-order valence-electron chi connectivity index (χ3n) is 6.23. The average molecular weight is 464 g/mol. The van der Waals surface area contributed by atoms with Crippen molar-refractivity contribution in [1.29, 1.82) is 0 Å². The van der Waals surface area contributed by atoms with Gasteiger partial charge < -0.3 is 0 Å². The lowest BCUT2D eigenvalue weighted by Gasteiger charge is -2.19. The second-order valence-electron chi connectivity index (χ2n) is 8.49. The molecule has 0 heterocycles. The molecule has 0 aliphatic carbocycles. The number of hydrogen-bond acceptors (Lipinski definition) is 1. The van der Waals surface area contributed by atoms with Crippen molar-refractivity contribution in [2.75, 3.05) is 0 Å².